The highest BCUT2D eigenvalue weighted by Gasteiger charge is 2.23. The molecule has 0 saturated carbocycles. The number of hydrogen-bond donors (Lipinski definition) is 1. The summed E-state index contributed by atoms with van der Waals surface area (Å²) in [6.45, 7) is 15.2. The fraction of sp³-hybridized carbons (Fsp3) is 0.350. The smallest absolute Gasteiger partial charge is 0.196 e. The van der Waals surface area contributed by atoms with Crippen molar-refractivity contribution in [2.75, 3.05) is 19.8 Å². The molecule has 2 unspecified atom stereocenters. The second kappa shape index (κ2) is 20.9. The van der Waals surface area contributed by atoms with Gasteiger partial charge in [0.25, 0.3) is 0 Å². The Morgan fingerprint density at radius 2 is 0.867 bits per heavy atom. The first-order chi connectivity index (χ1) is 21.6. The van der Waals surface area contributed by atoms with Crippen molar-refractivity contribution in [2.45, 2.75) is 53.8 Å². The lowest BCUT2D eigenvalue weighted by atomic mass is 10.00. The van der Waals surface area contributed by atoms with Crippen molar-refractivity contribution in [2.24, 2.45) is 17.8 Å². The van der Waals surface area contributed by atoms with Crippen molar-refractivity contribution in [3.8, 4) is 0 Å². The van der Waals surface area contributed by atoms with Crippen molar-refractivity contribution >= 4 is 11.6 Å². The first kappa shape index (κ1) is 37.3. The SMILES string of the molecule is CC(C)COC(C(=O)c1ccccc1)c1ccccc1.CC(C)COCC(C)C.O=C(c1ccccc1)C(O)c1ccccc1. The Balaban J connectivity index is 0.000000253. The summed E-state index contributed by atoms with van der Waals surface area (Å²) in [6.07, 6.45) is -1.61. The lowest BCUT2D eigenvalue weighted by Crippen LogP contribution is -2.18. The Morgan fingerprint density at radius 1 is 0.511 bits per heavy atom. The Labute approximate surface area is 270 Å². The molecule has 0 aliphatic heterocycles. The van der Waals surface area contributed by atoms with Gasteiger partial charge in [0, 0.05) is 24.3 Å². The van der Waals surface area contributed by atoms with E-state index >= 15 is 0 Å². The highest BCUT2D eigenvalue weighted by atomic mass is 16.5. The van der Waals surface area contributed by atoms with Crippen LogP contribution in [0.15, 0.2) is 121 Å². The molecule has 5 nitrogen and oxygen atoms in total. The van der Waals surface area contributed by atoms with Gasteiger partial charge in [-0.1, -0.05) is 163 Å². The van der Waals surface area contributed by atoms with Crippen LogP contribution in [0.25, 0.3) is 0 Å². The maximum absolute atomic E-state index is 12.6. The van der Waals surface area contributed by atoms with Crippen LogP contribution in [0.1, 0.15) is 85.6 Å². The highest BCUT2D eigenvalue weighted by Crippen LogP contribution is 2.23. The van der Waals surface area contributed by atoms with Crippen molar-refractivity contribution in [3.05, 3.63) is 144 Å². The summed E-state index contributed by atoms with van der Waals surface area (Å²) in [5.74, 6) is 1.47. The number of rotatable bonds is 13. The quantitative estimate of drug-likeness (QED) is 0.153. The third kappa shape index (κ3) is 14.6. The second-order valence-corrected chi connectivity index (χ2v) is 12.1. The van der Waals surface area contributed by atoms with Crippen molar-refractivity contribution in [1.29, 1.82) is 0 Å². The van der Waals surface area contributed by atoms with E-state index in [1.54, 1.807) is 48.5 Å². The minimum atomic E-state index is -1.08. The average Bonchev–Trinajstić information content (AvgIpc) is 3.06. The minimum absolute atomic E-state index is 0.0115. The molecule has 0 aromatic heterocycles. The zero-order chi connectivity index (χ0) is 33.0. The van der Waals surface area contributed by atoms with Crippen LogP contribution in [0.4, 0.5) is 0 Å². The van der Waals surface area contributed by atoms with Crippen LogP contribution in [0.2, 0.25) is 0 Å². The summed E-state index contributed by atoms with van der Waals surface area (Å²) in [4.78, 5) is 24.5. The molecule has 0 saturated heterocycles. The molecule has 4 rings (SSSR count). The van der Waals surface area contributed by atoms with E-state index in [2.05, 4.69) is 41.5 Å². The number of carbonyl (C=O) groups excluding carboxylic acids is 2. The lowest BCUT2D eigenvalue weighted by Gasteiger charge is -2.18. The van der Waals surface area contributed by atoms with E-state index in [-0.39, 0.29) is 11.6 Å². The molecule has 2 atom stereocenters. The fourth-order valence-electron chi connectivity index (χ4n) is 4.08. The first-order valence-corrected chi connectivity index (χ1v) is 15.8. The first-order valence-electron chi connectivity index (χ1n) is 15.8. The molecule has 240 valence electrons. The third-order valence-corrected chi connectivity index (χ3v) is 6.32. The molecule has 5 heteroatoms. The maximum Gasteiger partial charge on any atom is 0.196 e. The summed E-state index contributed by atoms with van der Waals surface area (Å²) in [6, 6.07) is 36.7. The predicted molar refractivity (Wildman–Crippen MR) is 183 cm³/mol. The van der Waals surface area contributed by atoms with Crippen LogP contribution in [0.5, 0.6) is 0 Å². The van der Waals surface area contributed by atoms with E-state index in [0.29, 0.717) is 41.1 Å². The minimum Gasteiger partial charge on any atom is -0.381 e. The van der Waals surface area contributed by atoms with Crippen LogP contribution >= 0.6 is 0 Å². The number of ketones is 2. The average molecular weight is 611 g/mol. The second-order valence-electron chi connectivity index (χ2n) is 12.1. The van der Waals surface area contributed by atoms with E-state index in [9.17, 15) is 14.7 Å². The molecule has 0 fully saturated rings. The van der Waals surface area contributed by atoms with Crippen LogP contribution in [0.3, 0.4) is 0 Å². The van der Waals surface area contributed by atoms with Gasteiger partial charge in [-0.2, -0.15) is 0 Å². The summed E-state index contributed by atoms with van der Waals surface area (Å²) >= 11 is 0. The van der Waals surface area contributed by atoms with Gasteiger partial charge in [-0.05, 0) is 28.9 Å². The van der Waals surface area contributed by atoms with Crippen LogP contribution in [-0.2, 0) is 9.47 Å². The van der Waals surface area contributed by atoms with Gasteiger partial charge < -0.3 is 14.6 Å². The van der Waals surface area contributed by atoms with Crippen molar-refractivity contribution in [1.82, 2.24) is 0 Å². The maximum atomic E-state index is 12.6. The highest BCUT2D eigenvalue weighted by molar-refractivity contribution is 6.00. The predicted octanol–water partition coefficient (Wildman–Crippen LogP) is 9.20. The van der Waals surface area contributed by atoms with E-state index in [1.807, 2.05) is 72.8 Å². The number of benzene rings is 4. The Kier molecular flexibility index (Phi) is 17.4. The number of Topliss-reactive ketones (excluding diaryl/α,β-unsaturated/α-hetero) is 2. The molecule has 0 radical (unpaired) electrons. The summed E-state index contributed by atoms with van der Waals surface area (Å²) < 4.78 is 11.2. The normalized spacial score (nSPS) is 12.0. The van der Waals surface area contributed by atoms with Gasteiger partial charge in [-0.15, -0.1) is 0 Å². The Morgan fingerprint density at radius 3 is 1.27 bits per heavy atom. The molecule has 0 amide bonds. The monoisotopic (exact) mass is 610 g/mol. The summed E-state index contributed by atoms with van der Waals surface area (Å²) in [7, 11) is 0. The molecule has 0 bridgehead atoms. The molecule has 0 heterocycles. The molecule has 0 aliphatic rings. The fourth-order valence-corrected chi connectivity index (χ4v) is 4.08. The number of hydrogen-bond acceptors (Lipinski definition) is 5. The number of aliphatic hydroxyl groups excluding tert-OH is 1. The van der Waals surface area contributed by atoms with Crippen molar-refractivity contribution < 1.29 is 24.2 Å². The third-order valence-electron chi connectivity index (χ3n) is 6.32. The van der Waals surface area contributed by atoms with Gasteiger partial charge in [0.2, 0.25) is 0 Å². The molecule has 0 aliphatic carbocycles. The number of ether oxygens (including phenoxy) is 2. The van der Waals surface area contributed by atoms with Gasteiger partial charge >= 0.3 is 0 Å². The van der Waals surface area contributed by atoms with Crippen LogP contribution in [0, 0.1) is 17.8 Å². The summed E-state index contributed by atoms with van der Waals surface area (Å²) in [5.41, 5.74) is 2.74. The zero-order valence-corrected chi connectivity index (χ0v) is 27.6. The van der Waals surface area contributed by atoms with E-state index in [0.717, 1.165) is 18.8 Å². The molecule has 0 spiro atoms. The molecule has 45 heavy (non-hydrogen) atoms. The Hall–Kier alpha value is -3.90. The van der Waals surface area contributed by atoms with Gasteiger partial charge in [-0.3, -0.25) is 9.59 Å². The molecular formula is C40H50O5. The Bertz CT molecular complexity index is 1330. The van der Waals surface area contributed by atoms with Crippen molar-refractivity contribution in [3.63, 3.8) is 0 Å². The topological polar surface area (TPSA) is 72.8 Å². The van der Waals surface area contributed by atoms with Gasteiger partial charge in [0.15, 0.2) is 11.6 Å². The molecule has 4 aromatic carbocycles. The number of carbonyl (C=O) groups is 2. The van der Waals surface area contributed by atoms with Crippen LogP contribution in [-0.4, -0.2) is 36.5 Å². The summed E-state index contributed by atoms with van der Waals surface area (Å²) in [5, 5.41) is 9.89. The van der Waals surface area contributed by atoms with Gasteiger partial charge in [0.05, 0.1) is 6.61 Å². The lowest BCUT2D eigenvalue weighted by molar-refractivity contribution is 0.0308. The van der Waals surface area contributed by atoms with E-state index in [1.165, 1.54) is 0 Å². The zero-order valence-electron chi connectivity index (χ0n) is 27.6. The molecular weight excluding hydrogens is 560 g/mol. The molecule has 1 N–H and O–H groups in total. The molecule has 4 aromatic rings. The standard InChI is InChI=1S/C18H20O2.C14H12O2.C8H18O/c1-14(2)13-20-18(16-11-7-4-8-12-16)17(19)15-9-5-3-6-10-15;15-13(11-7-3-1-4-8-11)14(16)12-9-5-2-6-10-12;1-7(2)5-9-6-8(3)4/h3-12,14,18H,13H2,1-2H3;1-10,13,15H;7-8H,5-6H2,1-4H3. The van der Waals surface area contributed by atoms with E-state index in [4.69, 9.17) is 9.47 Å². The number of aliphatic hydroxyl groups is 1. The van der Waals surface area contributed by atoms with E-state index < -0.39 is 12.2 Å². The van der Waals surface area contributed by atoms with Gasteiger partial charge in [-0.25, -0.2) is 0 Å². The largest absolute Gasteiger partial charge is 0.381 e. The van der Waals surface area contributed by atoms with Crippen LogP contribution < -0.4 is 0 Å². The van der Waals surface area contributed by atoms with Gasteiger partial charge in [0.1, 0.15) is 12.2 Å².